The monoisotopic (exact) mass is 386 g/mol. The highest BCUT2D eigenvalue weighted by atomic mass is 127. The third-order valence-corrected chi connectivity index (χ3v) is 4.88. The molecular weight excluding hydrogens is 363 g/mol. The van der Waals surface area contributed by atoms with E-state index in [0.717, 1.165) is 30.4 Å². The minimum Gasteiger partial charge on any atom is -0.349 e. The smallest absolute Gasteiger partial charge is 0.105 e. The number of H-pyrrole nitrogens is 2. The van der Waals surface area contributed by atoms with Crippen LogP contribution in [-0.4, -0.2) is 24.4 Å². The summed E-state index contributed by atoms with van der Waals surface area (Å²) in [5, 5.41) is 0. The zero-order valence-corrected chi connectivity index (χ0v) is 14.0. The third kappa shape index (κ3) is 5.64. The second kappa shape index (κ2) is 9.15. The average Bonchev–Trinajstić information content (AvgIpc) is 3.14. The molecule has 2 aromatic heterocycles. The molecule has 4 nitrogen and oxygen atoms in total. The fourth-order valence-electron chi connectivity index (χ4n) is 2.45. The Hall–Kier alpha value is -0.850. The van der Waals surface area contributed by atoms with E-state index < -0.39 is 0 Å². The van der Waals surface area contributed by atoms with Crippen molar-refractivity contribution >= 4 is 22.6 Å². The topological polar surface area (TPSA) is 57.4 Å². The Morgan fingerprint density at radius 1 is 0.900 bits per heavy atom. The normalized spacial score (nSPS) is 12.7. The summed E-state index contributed by atoms with van der Waals surface area (Å²) in [6.45, 7) is 0. The molecule has 5 heteroatoms. The lowest BCUT2D eigenvalue weighted by Crippen LogP contribution is -2.04. The molecular formula is C15H23IN4. The van der Waals surface area contributed by atoms with Crippen molar-refractivity contribution in [3.8, 4) is 0 Å². The molecule has 0 aliphatic carbocycles. The third-order valence-electron chi connectivity index (χ3n) is 3.63. The number of aryl methyl sites for hydroxylation is 2. The molecule has 20 heavy (non-hydrogen) atoms. The molecule has 2 rings (SSSR count). The predicted molar refractivity (Wildman–Crippen MR) is 90.0 cm³/mol. The van der Waals surface area contributed by atoms with Crippen LogP contribution in [0.4, 0.5) is 0 Å². The number of hydrogen-bond acceptors (Lipinski definition) is 2. The van der Waals surface area contributed by atoms with Crippen molar-refractivity contribution in [3.05, 3.63) is 36.4 Å². The number of alkyl halides is 1. The molecule has 0 aromatic carbocycles. The van der Waals surface area contributed by atoms with Crippen LogP contribution in [0.3, 0.4) is 0 Å². The second-order valence-electron chi connectivity index (χ2n) is 5.23. The first-order valence-electron chi connectivity index (χ1n) is 7.41. The van der Waals surface area contributed by atoms with Crippen LogP contribution in [0.15, 0.2) is 24.8 Å². The summed E-state index contributed by atoms with van der Waals surface area (Å²) in [6.07, 6.45) is 16.0. The molecule has 0 spiro atoms. The highest BCUT2D eigenvalue weighted by Crippen LogP contribution is 2.19. The van der Waals surface area contributed by atoms with Crippen molar-refractivity contribution in [2.45, 2.75) is 44.9 Å². The van der Waals surface area contributed by atoms with Gasteiger partial charge in [0.05, 0.1) is 0 Å². The highest BCUT2D eigenvalue weighted by Gasteiger charge is 2.07. The van der Waals surface area contributed by atoms with Crippen molar-refractivity contribution in [1.82, 2.24) is 19.9 Å². The SMILES string of the molecule is ICC(CCCCc1ncc[nH]1)CCCc1ncc[nH]1. The number of halogens is 1. The summed E-state index contributed by atoms with van der Waals surface area (Å²) in [7, 11) is 0. The fourth-order valence-corrected chi connectivity index (χ4v) is 3.33. The molecule has 1 unspecified atom stereocenters. The molecule has 0 aliphatic rings. The number of rotatable bonds is 10. The van der Waals surface area contributed by atoms with Gasteiger partial charge in [0.15, 0.2) is 0 Å². The largest absolute Gasteiger partial charge is 0.349 e. The number of aromatic nitrogens is 4. The lowest BCUT2D eigenvalue weighted by atomic mass is 9.97. The second-order valence-corrected chi connectivity index (χ2v) is 6.11. The van der Waals surface area contributed by atoms with Crippen molar-refractivity contribution in [2.75, 3.05) is 4.43 Å². The van der Waals surface area contributed by atoms with Gasteiger partial charge in [0.2, 0.25) is 0 Å². The van der Waals surface area contributed by atoms with E-state index in [2.05, 4.69) is 42.5 Å². The highest BCUT2D eigenvalue weighted by molar-refractivity contribution is 14.1. The number of nitrogens with zero attached hydrogens (tertiary/aromatic N) is 2. The molecule has 0 aliphatic heterocycles. The Kier molecular flexibility index (Phi) is 7.11. The lowest BCUT2D eigenvalue weighted by Gasteiger charge is -2.13. The molecule has 0 radical (unpaired) electrons. The van der Waals surface area contributed by atoms with Gasteiger partial charge in [-0.1, -0.05) is 29.0 Å². The minimum absolute atomic E-state index is 0.849. The van der Waals surface area contributed by atoms with Crippen LogP contribution in [0.5, 0.6) is 0 Å². The van der Waals surface area contributed by atoms with Gasteiger partial charge >= 0.3 is 0 Å². The Morgan fingerprint density at radius 3 is 2.05 bits per heavy atom. The van der Waals surface area contributed by atoms with Crippen molar-refractivity contribution < 1.29 is 0 Å². The van der Waals surface area contributed by atoms with Crippen molar-refractivity contribution in [1.29, 1.82) is 0 Å². The van der Waals surface area contributed by atoms with Crippen LogP contribution < -0.4 is 0 Å². The van der Waals surface area contributed by atoms with E-state index >= 15 is 0 Å². The number of aromatic amines is 2. The summed E-state index contributed by atoms with van der Waals surface area (Å²) in [5.41, 5.74) is 0. The van der Waals surface area contributed by atoms with Gasteiger partial charge in [0, 0.05) is 42.1 Å². The summed E-state index contributed by atoms with van der Waals surface area (Å²) in [6, 6.07) is 0. The summed E-state index contributed by atoms with van der Waals surface area (Å²) < 4.78 is 1.26. The first kappa shape index (κ1) is 15.5. The van der Waals surface area contributed by atoms with Crippen LogP contribution in [0.2, 0.25) is 0 Å². The number of nitrogens with one attached hydrogen (secondary N) is 2. The molecule has 0 bridgehead atoms. The van der Waals surface area contributed by atoms with Gasteiger partial charge < -0.3 is 9.97 Å². The van der Waals surface area contributed by atoms with E-state index in [1.807, 2.05) is 24.8 Å². The van der Waals surface area contributed by atoms with Crippen LogP contribution in [0.1, 0.15) is 43.8 Å². The van der Waals surface area contributed by atoms with Gasteiger partial charge in [-0.2, -0.15) is 0 Å². The first-order valence-corrected chi connectivity index (χ1v) is 8.93. The molecule has 1 atom stereocenters. The van der Waals surface area contributed by atoms with Gasteiger partial charge in [-0.25, -0.2) is 9.97 Å². The Morgan fingerprint density at radius 2 is 1.50 bits per heavy atom. The quantitative estimate of drug-likeness (QED) is 0.370. The maximum Gasteiger partial charge on any atom is 0.105 e. The van der Waals surface area contributed by atoms with E-state index in [4.69, 9.17) is 0 Å². The maximum absolute atomic E-state index is 4.27. The molecule has 0 amide bonds. The zero-order valence-electron chi connectivity index (χ0n) is 11.8. The van der Waals surface area contributed by atoms with E-state index in [1.54, 1.807) is 0 Å². The van der Waals surface area contributed by atoms with Crippen LogP contribution in [0.25, 0.3) is 0 Å². The van der Waals surface area contributed by atoms with E-state index in [0.29, 0.717) is 0 Å². The summed E-state index contributed by atoms with van der Waals surface area (Å²) in [4.78, 5) is 14.9. The Balaban J connectivity index is 1.55. The van der Waals surface area contributed by atoms with Gasteiger partial charge in [-0.05, 0) is 31.6 Å². The number of hydrogen-bond donors (Lipinski definition) is 2. The van der Waals surface area contributed by atoms with Crippen LogP contribution >= 0.6 is 22.6 Å². The number of imidazole rings is 2. The Bertz CT molecular complexity index is 438. The van der Waals surface area contributed by atoms with E-state index in [9.17, 15) is 0 Å². The molecule has 0 fully saturated rings. The molecule has 110 valence electrons. The molecule has 2 aromatic rings. The van der Waals surface area contributed by atoms with Gasteiger partial charge in [-0.15, -0.1) is 0 Å². The fraction of sp³-hybridized carbons (Fsp3) is 0.600. The maximum atomic E-state index is 4.27. The molecule has 2 heterocycles. The predicted octanol–water partition coefficient (Wildman–Crippen LogP) is 3.92. The number of unbranched alkanes of at least 4 members (excludes halogenated alkanes) is 1. The van der Waals surface area contributed by atoms with E-state index in [1.165, 1.54) is 36.5 Å². The molecule has 0 saturated carbocycles. The summed E-state index contributed by atoms with van der Waals surface area (Å²) >= 11 is 2.52. The van der Waals surface area contributed by atoms with E-state index in [-0.39, 0.29) is 0 Å². The van der Waals surface area contributed by atoms with Crippen LogP contribution in [-0.2, 0) is 12.8 Å². The van der Waals surface area contributed by atoms with Crippen molar-refractivity contribution in [2.24, 2.45) is 5.92 Å². The lowest BCUT2D eigenvalue weighted by molar-refractivity contribution is 0.461. The molecule has 2 N–H and O–H groups in total. The Labute approximate surface area is 134 Å². The van der Waals surface area contributed by atoms with Gasteiger partial charge in [-0.3, -0.25) is 0 Å². The van der Waals surface area contributed by atoms with Crippen LogP contribution in [0, 0.1) is 5.92 Å². The zero-order chi connectivity index (χ0) is 14.0. The first-order chi connectivity index (χ1) is 9.88. The minimum atomic E-state index is 0.849. The van der Waals surface area contributed by atoms with Gasteiger partial charge in [0.25, 0.3) is 0 Å². The van der Waals surface area contributed by atoms with Gasteiger partial charge in [0.1, 0.15) is 11.6 Å². The molecule has 0 saturated heterocycles. The average molecular weight is 386 g/mol. The van der Waals surface area contributed by atoms with Crippen molar-refractivity contribution in [3.63, 3.8) is 0 Å². The summed E-state index contributed by atoms with van der Waals surface area (Å²) in [5.74, 6) is 3.09. The standard InChI is InChI=1S/C15H23IN4/c16-12-13(5-3-7-15-19-10-11-20-15)4-1-2-6-14-17-8-9-18-14/h8-11,13H,1-7,12H2,(H,17,18)(H,19,20).